The van der Waals surface area contributed by atoms with Crippen molar-refractivity contribution in [1.82, 2.24) is 0 Å². The van der Waals surface area contributed by atoms with Gasteiger partial charge in [0.05, 0.1) is 0 Å². The summed E-state index contributed by atoms with van der Waals surface area (Å²) in [5.74, 6) is -1.35. The van der Waals surface area contributed by atoms with Gasteiger partial charge in [0.2, 0.25) is 0 Å². The van der Waals surface area contributed by atoms with Crippen LogP contribution in [0.5, 0.6) is 0 Å². The molecule has 1 nitrogen and oxygen atoms in total. The van der Waals surface area contributed by atoms with Gasteiger partial charge in [-0.05, 0) is 36.7 Å². The predicted molar refractivity (Wildman–Crippen MR) is 59.3 cm³/mol. The van der Waals surface area contributed by atoms with Gasteiger partial charge < -0.3 is 5.11 Å². The summed E-state index contributed by atoms with van der Waals surface area (Å²) in [7, 11) is 0. The predicted octanol–water partition coefficient (Wildman–Crippen LogP) is 4.57. The number of allylic oxidation sites excluding steroid dienone is 4. The molecule has 1 fully saturated rings. The Kier molecular flexibility index (Phi) is 3.31. The Balaban J connectivity index is 2.15. The lowest BCUT2D eigenvalue weighted by Gasteiger charge is -2.29. The van der Waals surface area contributed by atoms with Gasteiger partial charge in [-0.1, -0.05) is 19.8 Å². The van der Waals surface area contributed by atoms with E-state index in [4.69, 9.17) is 5.11 Å². The highest BCUT2D eigenvalue weighted by molar-refractivity contribution is 5.33. The van der Waals surface area contributed by atoms with Crippen LogP contribution in [0, 0.1) is 11.8 Å². The Bertz CT molecular complexity index is 336. The third-order valence-electron chi connectivity index (χ3n) is 3.87. The van der Waals surface area contributed by atoms with E-state index < -0.39 is 17.4 Å². The molecule has 0 aromatic carbocycles. The maximum absolute atomic E-state index is 13.7. The zero-order valence-corrected chi connectivity index (χ0v) is 9.60. The van der Waals surface area contributed by atoms with Gasteiger partial charge in [-0.15, -0.1) is 0 Å². The minimum absolute atomic E-state index is 0.190. The van der Waals surface area contributed by atoms with Gasteiger partial charge in [0.15, 0.2) is 11.7 Å². The van der Waals surface area contributed by atoms with Crippen molar-refractivity contribution in [3.63, 3.8) is 0 Å². The molecule has 0 saturated heterocycles. The first kappa shape index (κ1) is 11.6. The van der Waals surface area contributed by atoms with Crippen molar-refractivity contribution in [3.05, 3.63) is 23.0 Å². The number of aliphatic hydroxyl groups is 1. The molecule has 90 valence electrons. The fraction of sp³-hybridized carbons (Fsp3) is 0.692. The summed E-state index contributed by atoms with van der Waals surface area (Å²) < 4.78 is 26.9. The van der Waals surface area contributed by atoms with E-state index in [-0.39, 0.29) is 12.3 Å². The summed E-state index contributed by atoms with van der Waals surface area (Å²) in [6.07, 6.45) is 4.83. The monoisotopic (exact) mass is 228 g/mol. The first-order valence-electron chi connectivity index (χ1n) is 6.06. The van der Waals surface area contributed by atoms with Crippen molar-refractivity contribution in [1.29, 1.82) is 0 Å². The molecule has 0 radical (unpaired) electrons. The van der Waals surface area contributed by atoms with Gasteiger partial charge in [-0.2, -0.15) is 0 Å². The van der Waals surface area contributed by atoms with Crippen LogP contribution in [-0.4, -0.2) is 5.11 Å². The highest BCUT2D eigenvalue weighted by Gasteiger charge is 2.29. The van der Waals surface area contributed by atoms with Crippen LogP contribution in [0.4, 0.5) is 8.78 Å². The van der Waals surface area contributed by atoms with Crippen LogP contribution in [0.1, 0.15) is 45.4 Å². The molecule has 2 rings (SSSR count). The van der Waals surface area contributed by atoms with Crippen LogP contribution in [0.3, 0.4) is 0 Å². The lowest BCUT2D eigenvalue weighted by Crippen LogP contribution is -2.17. The van der Waals surface area contributed by atoms with Gasteiger partial charge in [0, 0.05) is 6.42 Å². The van der Waals surface area contributed by atoms with Crippen molar-refractivity contribution in [2.75, 3.05) is 0 Å². The standard InChI is InChI=1S/C13H18F2O/c1-8-2-4-9(5-3-8)10-6-7-11(16)13(15)12(10)14/h8-9,16H,2-7H2,1H3. The molecule has 2 aliphatic carbocycles. The molecule has 0 aromatic heterocycles. The SMILES string of the molecule is CC1CCC(C2=C(F)C(F)=C(O)CC2)CC1. The van der Waals surface area contributed by atoms with E-state index >= 15 is 0 Å². The minimum Gasteiger partial charge on any atom is -0.509 e. The van der Waals surface area contributed by atoms with E-state index in [0.717, 1.165) is 25.7 Å². The zero-order valence-electron chi connectivity index (χ0n) is 9.60. The molecule has 0 amide bonds. The van der Waals surface area contributed by atoms with E-state index in [2.05, 4.69) is 6.92 Å². The Hall–Kier alpha value is -0.860. The molecule has 0 atom stereocenters. The number of hydrogen-bond donors (Lipinski definition) is 1. The van der Waals surface area contributed by atoms with Crippen LogP contribution in [0.25, 0.3) is 0 Å². The van der Waals surface area contributed by atoms with Crippen molar-refractivity contribution in [3.8, 4) is 0 Å². The summed E-state index contributed by atoms with van der Waals surface area (Å²) in [4.78, 5) is 0. The van der Waals surface area contributed by atoms with Gasteiger partial charge in [0.1, 0.15) is 5.76 Å². The van der Waals surface area contributed by atoms with Crippen LogP contribution >= 0.6 is 0 Å². The van der Waals surface area contributed by atoms with E-state index in [1.54, 1.807) is 0 Å². The summed E-state index contributed by atoms with van der Waals surface area (Å²) in [5, 5.41) is 9.14. The van der Waals surface area contributed by atoms with Crippen molar-refractivity contribution in [2.24, 2.45) is 11.8 Å². The smallest absolute Gasteiger partial charge is 0.196 e. The van der Waals surface area contributed by atoms with E-state index in [1.807, 2.05) is 0 Å². The van der Waals surface area contributed by atoms with E-state index in [1.165, 1.54) is 0 Å². The lowest BCUT2D eigenvalue weighted by molar-refractivity contribution is 0.293. The first-order chi connectivity index (χ1) is 7.59. The molecular weight excluding hydrogens is 210 g/mol. The van der Waals surface area contributed by atoms with E-state index in [0.29, 0.717) is 17.9 Å². The van der Waals surface area contributed by atoms with Gasteiger partial charge in [-0.25, -0.2) is 8.78 Å². The normalized spacial score (nSPS) is 32.2. The lowest BCUT2D eigenvalue weighted by atomic mass is 9.76. The van der Waals surface area contributed by atoms with Crippen LogP contribution in [0.2, 0.25) is 0 Å². The number of aliphatic hydroxyl groups excluding tert-OH is 1. The second kappa shape index (κ2) is 4.56. The topological polar surface area (TPSA) is 20.2 Å². The highest BCUT2D eigenvalue weighted by atomic mass is 19.2. The molecule has 1 saturated carbocycles. The molecule has 0 aliphatic heterocycles. The van der Waals surface area contributed by atoms with Crippen molar-refractivity contribution < 1.29 is 13.9 Å². The molecule has 0 bridgehead atoms. The molecule has 16 heavy (non-hydrogen) atoms. The molecule has 0 heterocycles. The molecule has 0 unspecified atom stereocenters. The highest BCUT2D eigenvalue weighted by Crippen LogP contribution is 2.41. The maximum Gasteiger partial charge on any atom is 0.196 e. The average molecular weight is 228 g/mol. The Labute approximate surface area is 94.9 Å². The Morgan fingerprint density at radius 3 is 2.25 bits per heavy atom. The molecule has 2 aliphatic rings. The van der Waals surface area contributed by atoms with Gasteiger partial charge in [0.25, 0.3) is 0 Å². The number of halogens is 2. The Morgan fingerprint density at radius 2 is 1.62 bits per heavy atom. The molecule has 0 spiro atoms. The summed E-state index contributed by atoms with van der Waals surface area (Å²) in [6.45, 7) is 2.20. The third kappa shape index (κ3) is 2.13. The largest absolute Gasteiger partial charge is 0.509 e. The number of rotatable bonds is 1. The first-order valence-corrected chi connectivity index (χ1v) is 6.06. The van der Waals surface area contributed by atoms with Gasteiger partial charge in [-0.3, -0.25) is 0 Å². The fourth-order valence-electron chi connectivity index (χ4n) is 2.73. The molecular formula is C13H18F2O. The fourth-order valence-corrected chi connectivity index (χ4v) is 2.73. The summed E-state index contributed by atoms with van der Waals surface area (Å²) in [5.41, 5.74) is 0.599. The second-order valence-corrected chi connectivity index (χ2v) is 5.06. The van der Waals surface area contributed by atoms with Crippen molar-refractivity contribution >= 4 is 0 Å². The second-order valence-electron chi connectivity index (χ2n) is 5.06. The summed E-state index contributed by atoms with van der Waals surface area (Å²) in [6, 6.07) is 0. The average Bonchev–Trinajstić information content (AvgIpc) is 2.28. The molecule has 1 N–H and O–H groups in total. The van der Waals surface area contributed by atoms with Gasteiger partial charge >= 0.3 is 0 Å². The molecule has 3 heteroatoms. The van der Waals surface area contributed by atoms with Crippen LogP contribution in [0.15, 0.2) is 23.0 Å². The quantitative estimate of drug-likeness (QED) is 0.697. The minimum atomic E-state index is -1.03. The summed E-state index contributed by atoms with van der Waals surface area (Å²) >= 11 is 0. The third-order valence-corrected chi connectivity index (χ3v) is 3.87. The number of hydrogen-bond acceptors (Lipinski definition) is 1. The van der Waals surface area contributed by atoms with Crippen LogP contribution in [-0.2, 0) is 0 Å². The Morgan fingerprint density at radius 1 is 1.00 bits per heavy atom. The van der Waals surface area contributed by atoms with Crippen molar-refractivity contribution in [2.45, 2.75) is 45.4 Å². The zero-order chi connectivity index (χ0) is 11.7. The van der Waals surface area contributed by atoms with Crippen LogP contribution < -0.4 is 0 Å². The van der Waals surface area contributed by atoms with E-state index in [9.17, 15) is 8.78 Å². The molecule has 0 aromatic rings. The maximum atomic E-state index is 13.7.